The van der Waals surface area contributed by atoms with E-state index in [1.165, 1.54) is 12.8 Å². The van der Waals surface area contributed by atoms with Gasteiger partial charge in [-0.2, -0.15) is 0 Å². The first-order chi connectivity index (χ1) is 10.6. The van der Waals surface area contributed by atoms with E-state index in [-0.39, 0.29) is 29.8 Å². The van der Waals surface area contributed by atoms with E-state index in [0.29, 0.717) is 19.0 Å². The molecule has 3 rings (SSSR count). The SMILES string of the molecule is O=C(NC[C@@H]1CC(=O)N(C2CCCC2)C1)C1CCC(O)CC1. The van der Waals surface area contributed by atoms with Gasteiger partial charge >= 0.3 is 0 Å². The van der Waals surface area contributed by atoms with E-state index in [1.54, 1.807) is 0 Å². The third kappa shape index (κ3) is 3.62. The molecule has 1 atom stereocenters. The summed E-state index contributed by atoms with van der Waals surface area (Å²) in [4.78, 5) is 26.4. The smallest absolute Gasteiger partial charge is 0.223 e. The summed E-state index contributed by atoms with van der Waals surface area (Å²) in [6.07, 6.45) is 8.16. The predicted molar refractivity (Wildman–Crippen MR) is 83.1 cm³/mol. The van der Waals surface area contributed by atoms with Crippen molar-refractivity contribution < 1.29 is 14.7 Å². The molecular formula is C17H28N2O3. The number of nitrogens with one attached hydrogen (secondary N) is 1. The summed E-state index contributed by atoms with van der Waals surface area (Å²) in [5.74, 6) is 0.697. The molecule has 5 nitrogen and oxygen atoms in total. The first-order valence-electron chi connectivity index (χ1n) is 8.88. The van der Waals surface area contributed by atoms with E-state index in [1.807, 2.05) is 0 Å². The first-order valence-corrected chi connectivity index (χ1v) is 8.88. The third-order valence-corrected chi connectivity index (χ3v) is 5.64. The van der Waals surface area contributed by atoms with Gasteiger partial charge in [0, 0.05) is 37.4 Å². The monoisotopic (exact) mass is 308 g/mol. The standard InChI is InChI=1S/C17H28N2O3/c20-15-7-5-13(6-8-15)17(22)18-10-12-9-16(21)19(11-12)14-3-1-2-4-14/h12-15,20H,1-11H2,(H,18,22)/t12-,13?,15?/m0/s1. The largest absolute Gasteiger partial charge is 0.393 e. The Morgan fingerprint density at radius 3 is 2.50 bits per heavy atom. The van der Waals surface area contributed by atoms with Gasteiger partial charge in [-0.25, -0.2) is 0 Å². The molecule has 5 heteroatoms. The predicted octanol–water partition coefficient (Wildman–Crippen LogP) is 1.44. The van der Waals surface area contributed by atoms with Crippen LogP contribution in [0.1, 0.15) is 57.8 Å². The number of nitrogens with zero attached hydrogens (tertiary/aromatic N) is 1. The maximum Gasteiger partial charge on any atom is 0.223 e. The highest BCUT2D eigenvalue weighted by molar-refractivity contribution is 5.80. The van der Waals surface area contributed by atoms with E-state index < -0.39 is 0 Å². The van der Waals surface area contributed by atoms with Crippen LogP contribution in [0.2, 0.25) is 0 Å². The molecule has 2 aliphatic carbocycles. The van der Waals surface area contributed by atoms with Gasteiger partial charge in [0.05, 0.1) is 6.10 Å². The number of rotatable bonds is 4. The van der Waals surface area contributed by atoms with E-state index in [0.717, 1.165) is 45.1 Å². The Kier molecular flexibility index (Phi) is 5.01. The van der Waals surface area contributed by atoms with Crippen molar-refractivity contribution in [3.63, 3.8) is 0 Å². The maximum absolute atomic E-state index is 12.2. The molecule has 2 N–H and O–H groups in total. The molecular weight excluding hydrogens is 280 g/mol. The quantitative estimate of drug-likeness (QED) is 0.826. The van der Waals surface area contributed by atoms with Crippen LogP contribution in [0, 0.1) is 11.8 Å². The summed E-state index contributed by atoms with van der Waals surface area (Å²) in [5.41, 5.74) is 0. The fourth-order valence-electron chi connectivity index (χ4n) is 4.24. The van der Waals surface area contributed by atoms with Crippen LogP contribution in [-0.4, -0.2) is 47.1 Å². The van der Waals surface area contributed by atoms with Gasteiger partial charge in [-0.15, -0.1) is 0 Å². The molecule has 22 heavy (non-hydrogen) atoms. The van der Waals surface area contributed by atoms with Crippen LogP contribution < -0.4 is 5.32 Å². The van der Waals surface area contributed by atoms with Crippen molar-refractivity contribution in [2.24, 2.45) is 11.8 Å². The average Bonchev–Trinajstić information content (AvgIpc) is 3.14. The third-order valence-electron chi connectivity index (χ3n) is 5.64. The first kappa shape index (κ1) is 15.8. The van der Waals surface area contributed by atoms with Crippen LogP contribution in [0.25, 0.3) is 0 Å². The minimum atomic E-state index is -0.225. The fourth-order valence-corrected chi connectivity index (χ4v) is 4.24. The van der Waals surface area contributed by atoms with Gasteiger partial charge in [-0.3, -0.25) is 9.59 Å². The van der Waals surface area contributed by atoms with E-state index in [2.05, 4.69) is 10.2 Å². The van der Waals surface area contributed by atoms with Crippen LogP contribution in [0.5, 0.6) is 0 Å². The molecule has 1 saturated heterocycles. The van der Waals surface area contributed by atoms with Gasteiger partial charge in [-0.05, 0) is 38.5 Å². The molecule has 0 spiro atoms. The van der Waals surface area contributed by atoms with Gasteiger partial charge in [0.1, 0.15) is 0 Å². The number of amides is 2. The highest BCUT2D eigenvalue weighted by Gasteiger charge is 2.35. The molecule has 0 radical (unpaired) electrons. The number of hydrogen-bond donors (Lipinski definition) is 2. The molecule has 0 unspecified atom stereocenters. The Labute approximate surface area is 132 Å². The Balaban J connectivity index is 1.42. The van der Waals surface area contributed by atoms with Gasteiger partial charge in [-0.1, -0.05) is 12.8 Å². The number of carbonyl (C=O) groups excluding carboxylic acids is 2. The van der Waals surface area contributed by atoms with Crippen LogP contribution >= 0.6 is 0 Å². The van der Waals surface area contributed by atoms with Crippen molar-refractivity contribution >= 4 is 11.8 Å². The Bertz CT molecular complexity index is 412. The summed E-state index contributed by atoms with van der Waals surface area (Å²) in [5, 5.41) is 12.5. The van der Waals surface area contributed by atoms with E-state index >= 15 is 0 Å². The van der Waals surface area contributed by atoms with E-state index in [4.69, 9.17) is 0 Å². The summed E-state index contributed by atoms with van der Waals surface area (Å²) in [7, 11) is 0. The number of hydrogen-bond acceptors (Lipinski definition) is 3. The van der Waals surface area contributed by atoms with Crippen molar-refractivity contribution in [1.29, 1.82) is 0 Å². The molecule has 1 heterocycles. The Morgan fingerprint density at radius 1 is 1.14 bits per heavy atom. The zero-order valence-electron chi connectivity index (χ0n) is 13.3. The summed E-state index contributed by atoms with van der Waals surface area (Å²) >= 11 is 0. The second-order valence-corrected chi connectivity index (χ2v) is 7.31. The number of aliphatic hydroxyl groups is 1. The minimum Gasteiger partial charge on any atom is -0.393 e. The zero-order valence-corrected chi connectivity index (χ0v) is 13.3. The van der Waals surface area contributed by atoms with Crippen molar-refractivity contribution in [2.75, 3.05) is 13.1 Å². The summed E-state index contributed by atoms with van der Waals surface area (Å²) in [6, 6.07) is 0.452. The topological polar surface area (TPSA) is 69.6 Å². The molecule has 1 aliphatic heterocycles. The van der Waals surface area contributed by atoms with Gasteiger partial charge in [0.15, 0.2) is 0 Å². The lowest BCUT2D eigenvalue weighted by molar-refractivity contribution is -0.130. The van der Waals surface area contributed by atoms with Crippen molar-refractivity contribution in [3.05, 3.63) is 0 Å². The Morgan fingerprint density at radius 2 is 1.82 bits per heavy atom. The highest BCUT2D eigenvalue weighted by Crippen LogP contribution is 2.29. The second kappa shape index (κ2) is 6.99. The molecule has 3 fully saturated rings. The number of likely N-dealkylation sites (tertiary alicyclic amines) is 1. The molecule has 0 aromatic heterocycles. The average molecular weight is 308 g/mol. The molecule has 2 amide bonds. The minimum absolute atomic E-state index is 0.0476. The molecule has 3 aliphatic rings. The molecule has 0 bridgehead atoms. The zero-order chi connectivity index (χ0) is 15.5. The van der Waals surface area contributed by atoms with Crippen molar-refractivity contribution in [1.82, 2.24) is 10.2 Å². The highest BCUT2D eigenvalue weighted by atomic mass is 16.3. The van der Waals surface area contributed by atoms with E-state index in [9.17, 15) is 14.7 Å². The molecule has 0 aromatic carbocycles. The maximum atomic E-state index is 12.2. The summed E-state index contributed by atoms with van der Waals surface area (Å²) in [6.45, 7) is 1.43. The molecule has 0 aromatic rings. The van der Waals surface area contributed by atoms with Gasteiger partial charge < -0.3 is 15.3 Å². The normalized spacial score (nSPS) is 33.4. The lowest BCUT2D eigenvalue weighted by atomic mass is 9.87. The Hall–Kier alpha value is -1.10. The molecule has 124 valence electrons. The fraction of sp³-hybridized carbons (Fsp3) is 0.882. The van der Waals surface area contributed by atoms with Gasteiger partial charge in [0.25, 0.3) is 0 Å². The lowest BCUT2D eigenvalue weighted by Crippen LogP contribution is -2.38. The lowest BCUT2D eigenvalue weighted by Gasteiger charge is -2.25. The van der Waals surface area contributed by atoms with Gasteiger partial charge in [0.2, 0.25) is 11.8 Å². The van der Waals surface area contributed by atoms with Crippen molar-refractivity contribution in [3.8, 4) is 0 Å². The van der Waals surface area contributed by atoms with Crippen LogP contribution in [0.3, 0.4) is 0 Å². The van der Waals surface area contributed by atoms with Crippen molar-refractivity contribution in [2.45, 2.75) is 69.9 Å². The summed E-state index contributed by atoms with van der Waals surface area (Å²) < 4.78 is 0. The van der Waals surface area contributed by atoms with Crippen LogP contribution in [0.4, 0.5) is 0 Å². The number of aliphatic hydroxyl groups excluding tert-OH is 1. The molecule has 2 saturated carbocycles. The van der Waals surface area contributed by atoms with Crippen LogP contribution in [0.15, 0.2) is 0 Å². The second-order valence-electron chi connectivity index (χ2n) is 7.31. The van der Waals surface area contributed by atoms with Crippen LogP contribution in [-0.2, 0) is 9.59 Å². The number of carbonyl (C=O) groups is 2.